The normalized spacial score (nSPS) is 11.6. The van der Waals surface area contributed by atoms with Gasteiger partial charge in [0.05, 0.1) is 12.8 Å². The van der Waals surface area contributed by atoms with Gasteiger partial charge in [0.1, 0.15) is 17.1 Å². The van der Waals surface area contributed by atoms with Crippen LogP contribution in [0.5, 0.6) is 11.5 Å². The highest BCUT2D eigenvalue weighted by atomic mass is 19.3. The number of aryl methyl sites for hydroxylation is 1. The van der Waals surface area contributed by atoms with E-state index in [-0.39, 0.29) is 11.3 Å². The average molecular weight is 379 g/mol. The molecule has 0 heterocycles. The first kappa shape index (κ1) is 20.2. The summed E-state index contributed by atoms with van der Waals surface area (Å²) in [5.41, 5.74) is 1.12. The number of carbonyl (C=O) groups excluding carboxylic acids is 2. The summed E-state index contributed by atoms with van der Waals surface area (Å²) in [6.07, 6.45) is -1.18. The topological polar surface area (TPSA) is 73.9 Å². The van der Waals surface area contributed by atoms with Crippen LogP contribution in [-0.4, -0.2) is 31.7 Å². The number of halogens is 2. The highest BCUT2D eigenvalue weighted by Crippen LogP contribution is 2.26. The lowest BCUT2D eigenvalue weighted by atomic mass is 10.2. The Bertz CT molecular complexity index is 825. The zero-order valence-corrected chi connectivity index (χ0v) is 15.0. The van der Waals surface area contributed by atoms with Gasteiger partial charge in [-0.3, -0.25) is 4.79 Å². The van der Waals surface area contributed by atoms with Crippen LogP contribution >= 0.6 is 0 Å². The van der Waals surface area contributed by atoms with Crippen LogP contribution in [0.1, 0.15) is 22.8 Å². The third kappa shape index (κ3) is 5.40. The maximum absolute atomic E-state index is 12.5. The molecule has 0 radical (unpaired) electrons. The van der Waals surface area contributed by atoms with Crippen LogP contribution in [0, 0.1) is 6.92 Å². The molecule has 0 fully saturated rings. The maximum Gasteiger partial charge on any atom is 0.387 e. The first-order valence-electron chi connectivity index (χ1n) is 8.02. The van der Waals surface area contributed by atoms with Gasteiger partial charge >= 0.3 is 12.6 Å². The largest absolute Gasteiger partial charge is 0.495 e. The summed E-state index contributed by atoms with van der Waals surface area (Å²) >= 11 is 0. The van der Waals surface area contributed by atoms with Crippen molar-refractivity contribution in [1.82, 2.24) is 0 Å². The molecule has 1 N–H and O–H groups in total. The van der Waals surface area contributed by atoms with Crippen LogP contribution in [0.25, 0.3) is 0 Å². The van der Waals surface area contributed by atoms with E-state index < -0.39 is 24.6 Å². The highest BCUT2D eigenvalue weighted by molar-refractivity contribution is 5.99. The van der Waals surface area contributed by atoms with E-state index in [2.05, 4.69) is 10.1 Å². The predicted octanol–water partition coefficient (Wildman–Crippen LogP) is 3.79. The molecule has 0 aliphatic rings. The van der Waals surface area contributed by atoms with E-state index in [1.54, 1.807) is 12.1 Å². The van der Waals surface area contributed by atoms with Crippen LogP contribution in [0.15, 0.2) is 42.5 Å². The van der Waals surface area contributed by atoms with Gasteiger partial charge in [0, 0.05) is 0 Å². The number of amides is 1. The Morgan fingerprint density at radius 3 is 2.44 bits per heavy atom. The number of rotatable bonds is 7. The predicted molar refractivity (Wildman–Crippen MR) is 94.3 cm³/mol. The lowest BCUT2D eigenvalue weighted by Gasteiger charge is -2.16. The standard InChI is InChI=1S/C19H19F2NO5/c1-11-8-9-16(25-3)14(10-11)22-17(23)12(2)26-18(24)13-6-4-5-7-15(13)27-19(20)21/h4-10,12,19H,1-3H3,(H,22,23). The molecule has 0 aliphatic heterocycles. The molecule has 0 saturated heterocycles. The van der Waals surface area contributed by atoms with Gasteiger partial charge in [-0.05, 0) is 43.7 Å². The smallest absolute Gasteiger partial charge is 0.387 e. The monoisotopic (exact) mass is 379 g/mol. The van der Waals surface area contributed by atoms with Crippen LogP contribution in [0.3, 0.4) is 0 Å². The zero-order chi connectivity index (χ0) is 20.0. The molecule has 6 nitrogen and oxygen atoms in total. The molecule has 144 valence electrons. The van der Waals surface area contributed by atoms with E-state index in [9.17, 15) is 18.4 Å². The summed E-state index contributed by atoms with van der Waals surface area (Å²) in [5, 5.41) is 2.61. The molecule has 1 amide bonds. The number of alkyl halides is 2. The molecule has 8 heteroatoms. The lowest BCUT2D eigenvalue weighted by molar-refractivity contribution is -0.123. The minimum Gasteiger partial charge on any atom is -0.495 e. The molecule has 0 bridgehead atoms. The van der Waals surface area contributed by atoms with Gasteiger partial charge in [-0.1, -0.05) is 18.2 Å². The fourth-order valence-corrected chi connectivity index (χ4v) is 2.27. The van der Waals surface area contributed by atoms with Crippen molar-refractivity contribution >= 4 is 17.6 Å². The van der Waals surface area contributed by atoms with Crippen molar-refractivity contribution in [2.24, 2.45) is 0 Å². The van der Waals surface area contributed by atoms with Crippen molar-refractivity contribution in [3.63, 3.8) is 0 Å². The number of hydrogen-bond donors (Lipinski definition) is 1. The van der Waals surface area contributed by atoms with Gasteiger partial charge in [0.2, 0.25) is 0 Å². The Kier molecular flexibility index (Phi) is 6.70. The van der Waals surface area contributed by atoms with Gasteiger partial charge in [0.15, 0.2) is 6.10 Å². The van der Waals surface area contributed by atoms with Gasteiger partial charge in [0.25, 0.3) is 5.91 Å². The van der Waals surface area contributed by atoms with Gasteiger partial charge in [-0.25, -0.2) is 4.79 Å². The third-order valence-corrected chi connectivity index (χ3v) is 3.59. The van der Waals surface area contributed by atoms with E-state index in [1.807, 2.05) is 13.0 Å². The number of nitrogens with one attached hydrogen (secondary N) is 1. The van der Waals surface area contributed by atoms with Crippen molar-refractivity contribution in [3.8, 4) is 11.5 Å². The van der Waals surface area contributed by atoms with Crippen LogP contribution < -0.4 is 14.8 Å². The zero-order valence-electron chi connectivity index (χ0n) is 15.0. The fourth-order valence-electron chi connectivity index (χ4n) is 2.27. The Balaban J connectivity index is 2.09. The van der Waals surface area contributed by atoms with E-state index in [0.717, 1.165) is 5.56 Å². The number of ether oxygens (including phenoxy) is 3. The number of hydrogen-bond acceptors (Lipinski definition) is 5. The third-order valence-electron chi connectivity index (χ3n) is 3.59. The summed E-state index contributed by atoms with van der Waals surface area (Å²) < 4.78 is 39.5. The number of para-hydroxylation sites is 1. The summed E-state index contributed by atoms with van der Waals surface area (Å²) in [4.78, 5) is 24.6. The number of carbonyl (C=O) groups is 2. The summed E-state index contributed by atoms with van der Waals surface area (Å²) in [7, 11) is 1.46. The van der Waals surface area contributed by atoms with Crippen molar-refractivity contribution < 1.29 is 32.6 Å². The second kappa shape index (κ2) is 8.98. The molecule has 2 rings (SSSR count). The van der Waals surface area contributed by atoms with Crippen molar-refractivity contribution in [2.45, 2.75) is 26.6 Å². The summed E-state index contributed by atoms with van der Waals surface area (Å²) in [6, 6.07) is 10.6. The van der Waals surface area contributed by atoms with E-state index in [0.29, 0.717) is 11.4 Å². The first-order valence-corrected chi connectivity index (χ1v) is 8.02. The molecule has 0 aromatic heterocycles. The van der Waals surface area contributed by atoms with Crippen molar-refractivity contribution in [1.29, 1.82) is 0 Å². The Labute approximate surface area is 155 Å². The molecule has 2 aromatic carbocycles. The number of methoxy groups -OCH3 is 1. The molecule has 1 unspecified atom stereocenters. The quantitative estimate of drug-likeness (QED) is 0.741. The van der Waals surface area contributed by atoms with Gasteiger partial charge < -0.3 is 19.5 Å². The maximum atomic E-state index is 12.5. The number of benzene rings is 2. The molecular formula is C19H19F2NO5. The molecule has 0 aliphatic carbocycles. The molecule has 2 aromatic rings. The minimum atomic E-state index is -3.09. The molecular weight excluding hydrogens is 360 g/mol. The second-order valence-electron chi connectivity index (χ2n) is 5.62. The first-order chi connectivity index (χ1) is 12.8. The summed E-state index contributed by atoms with van der Waals surface area (Å²) in [6.45, 7) is 0.123. The lowest BCUT2D eigenvalue weighted by Crippen LogP contribution is -2.30. The van der Waals surface area contributed by atoms with Crippen molar-refractivity contribution in [3.05, 3.63) is 53.6 Å². The highest BCUT2D eigenvalue weighted by Gasteiger charge is 2.23. The molecule has 27 heavy (non-hydrogen) atoms. The van der Waals surface area contributed by atoms with Crippen molar-refractivity contribution in [2.75, 3.05) is 12.4 Å². The molecule has 0 spiro atoms. The van der Waals surface area contributed by atoms with Crippen LogP contribution in [-0.2, 0) is 9.53 Å². The van der Waals surface area contributed by atoms with Gasteiger partial charge in [-0.2, -0.15) is 8.78 Å². The number of esters is 1. The molecule has 1 atom stereocenters. The van der Waals surface area contributed by atoms with E-state index in [4.69, 9.17) is 9.47 Å². The average Bonchev–Trinajstić information content (AvgIpc) is 2.61. The van der Waals surface area contributed by atoms with E-state index in [1.165, 1.54) is 38.3 Å². The van der Waals surface area contributed by atoms with Crippen LogP contribution in [0.2, 0.25) is 0 Å². The summed E-state index contributed by atoms with van der Waals surface area (Å²) in [5.74, 6) is -1.43. The minimum absolute atomic E-state index is 0.203. The molecule has 0 saturated carbocycles. The fraction of sp³-hybridized carbons (Fsp3) is 0.263. The van der Waals surface area contributed by atoms with Crippen LogP contribution in [0.4, 0.5) is 14.5 Å². The SMILES string of the molecule is COc1ccc(C)cc1NC(=O)C(C)OC(=O)c1ccccc1OC(F)F. The Morgan fingerprint density at radius 2 is 1.78 bits per heavy atom. The number of anilines is 1. The van der Waals surface area contributed by atoms with Gasteiger partial charge in [-0.15, -0.1) is 0 Å². The Morgan fingerprint density at radius 1 is 1.07 bits per heavy atom. The van der Waals surface area contributed by atoms with E-state index >= 15 is 0 Å². The Hall–Kier alpha value is -3.16. The second-order valence-corrected chi connectivity index (χ2v) is 5.62.